The van der Waals surface area contributed by atoms with Crippen molar-refractivity contribution in [3.05, 3.63) is 66.5 Å². The first kappa shape index (κ1) is 28.3. The van der Waals surface area contributed by atoms with Crippen LogP contribution in [0.25, 0.3) is 21.3 Å². The summed E-state index contributed by atoms with van der Waals surface area (Å²) < 4.78 is 6.52. The number of fused-ring (bicyclic) bond motifs is 1. The number of piperazine rings is 1. The molecule has 4 heterocycles. The summed E-state index contributed by atoms with van der Waals surface area (Å²) in [6, 6.07) is 12.0. The predicted octanol–water partition coefficient (Wildman–Crippen LogP) is 4.64. The van der Waals surface area contributed by atoms with Crippen LogP contribution < -0.4 is 5.32 Å². The predicted molar refractivity (Wildman–Crippen MR) is 162 cm³/mol. The summed E-state index contributed by atoms with van der Waals surface area (Å²) in [6.07, 6.45) is 7.88. The van der Waals surface area contributed by atoms with Gasteiger partial charge in [-0.15, -0.1) is 0 Å². The second kappa shape index (κ2) is 12.6. The van der Waals surface area contributed by atoms with Crippen LogP contribution in [0.5, 0.6) is 0 Å². The Morgan fingerprint density at radius 1 is 1.07 bits per heavy atom. The normalized spacial score (nSPS) is 20.8. The molecule has 2 amide bonds. The van der Waals surface area contributed by atoms with Gasteiger partial charge in [-0.25, -0.2) is 15.0 Å². The zero-order valence-corrected chi connectivity index (χ0v) is 24.7. The molecule has 6 rings (SSSR count). The SMILES string of the molecule is CCCOCc1ncc(-c2ccc3nc(NC(=O)[C@H]4C[C@@H](N5CCN(C(=O)c6ccccn6)C[C@@H]5C)C4)sc3c2)cn1. The van der Waals surface area contributed by atoms with E-state index >= 15 is 0 Å². The number of pyridine rings is 1. The van der Waals surface area contributed by atoms with Crippen LogP contribution >= 0.6 is 11.3 Å². The molecule has 0 radical (unpaired) electrons. The van der Waals surface area contributed by atoms with E-state index in [4.69, 9.17) is 4.74 Å². The monoisotopic (exact) mass is 585 g/mol. The van der Waals surface area contributed by atoms with Crippen molar-refractivity contribution >= 4 is 38.5 Å². The van der Waals surface area contributed by atoms with Crippen molar-refractivity contribution in [2.24, 2.45) is 5.92 Å². The van der Waals surface area contributed by atoms with Gasteiger partial charge in [0.25, 0.3) is 5.91 Å². The molecule has 10 nitrogen and oxygen atoms in total. The maximum atomic E-state index is 13.0. The smallest absolute Gasteiger partial charge is 0.272 e. The molecule has 11 heteroatoms. The first-order valence-electron chi connectivity index (χ1n) is 14.5. The Bertz CT molecular complexity index is 1540. The molecule has 42 heavy (non-hydrogen) atoms. The molecule has 0 bridgehead atoms. The van der Waals surface area contributed by atoms with Crippen molar-refractivity contribution in [2.45, 2.75) is 51.8 Å². The van der Waals surface area contributed by atoms with Gasteiger partial charge in [0.05, 0.1) is 10.2 Å². The molecule has 2 fully saturated rings. The zero-order chi connectivity index (χ0) is 29.1. The molecule has 1 aliphatic heterocycles. The molecule has 4 aromatic rings. The molecule has 1 saturated carbocycles. The van der Waals surface area contributed by atoms with Gasteiger partial charge in [0.1, 0.15) is 12.3 Å². The minimum atomic E-state index is -0.0325. The lowest BCUT2D eigenvalue weighted by Gasteiger charge is -2.49. The van der Waals surface area contributed by atoms with Crippen LogP contribution in [0.3, 0.4) is 0 Å². The van der Waals surface area contributed by atoms with Gasteiger partial charge in [-0.05, 0) is 56.0 Å². The van der Waals surface area contributed by atoms with E-state index in [1.54, 1.807) is 12.3 Å². The van der Waals surface area contributed by atoms with Crippen LogP contribution in [-0.2, 0) is 16.1 Å². The van der Waals surface area contributed by atoms with Crippen LogP contribution in [-0.4, -0.2) is 79.9 Å². The first-order chi connectivity index (χ1) is 20.5. The molecule has 0 unspecified atom stereocenters. The molecular formula is C31H35N7O3S. The molecule has 1 saturated heterocycles. The van der Waals surface area contributed by atoms with Crippen molar-refractivity contribution in [1.82, 2.24) is 29.7 Å². The van der Waals surface area contributed by atoms with Crippen LogP contribution in [0, 0.1) is 5.92 Å². The Morgan fingerprint density at radius 3 is 2.64 bits per heavy atom. The summed E-state index contributed by atoms with van der Waals surface area (Å²) in [5, 5.41) is 3.67. The Morgan fingerprint density at radius 2 is 1.90 bits per heavy atom. The van der Waals surface area contributed by atoms with E-state index in [0.717, 1.165) is 47.2 Å². The van der Waals surface area contributed by atoms with E-state index in [9.17, 15) is 9.59 Å². The molecule has 218 valence electrons. The van der Waals surface area contributed by atoms with Crippen molar-refractivity contribution in [1.29, 1.82) is 0 Å². The second-order valence-corrected chi connectivity index (χ2v) is 12.0. The number of ether oxygens (including phenoxy) is 1. The van der Waals surface area contributed by atoms with Crippen molar-refractivity contribution in [3.63, 3.8) is 0 Å². The van der Waals surface area contributed by atoms with E-state index < -0.39 is 0 Å². The largest absolute Gasteiger partial charge is 0.373 e. The average Bonchev–Trinajstić information content (AvgIpc) is 3.39. The number of rotatable bonds is 9. The molecular weight excluding hydrogens is 550 g/mol. The fraction of sp³-hybridized carbons (Fsp3) is 0.419. The second-order valence-electron chi connectivity index (χ2n) is 11.0. The number of benzene rings is 1. The van der Waals surface area contributed by atoms with E-state index in [2.05, 4.69) is 50.1 Å². The third-order valence-electron chi connectivity index (χ3n) is 8.04. The standard InChI is InChI=1S/C31H35N7O3S/c1-3-12-41-19-28-33-16-23(17-34-28)21-7-8-25-27(15-21)42-31(35-25)36-29(39)22-13-24(14-22)38-11-10-37(18-20(38)2)30(40)26-6-4-5-9-32-26/h4-9,15-17,20,22,24H,3,10-14,18-19H2,1-2H3,(H,35,36,39)/t20-,22-,24+/m0/s1. The molecule has 1 atom stereocenters. The Hall–Kier alpha value is -3.80. The van der Waals surface area contributed by atoms with Gasteiger partial charge >= 0.3 is 0 Å². The van der Waals surface area contributed by atoms with Gasteiger partial charge in [-0.2, -0.15) is 0 Å². The van der Waals surface area contributed by atoms with Crippen LogP contribution in [0.1, 0.15) is 49.4 Å². The Labute approximate surface area is 249 Å². The summed E-state index contributed by atoms with van der Waals surface area (Å²) in [5.74, 6) is 0.642. The fourth-order valence-corrected chi connectivity index (χ4v) is 6.58. The van der Waals surface area contributed by atoms with E-state index in [1.165, 1.54) is 11.3 Å². The van der Waals surface area contributed by atoms with Gasteiger partial charge < -0.3 is 15.0 Å². The molecule has 2 aliphatic rings. The van der Waals surface area contributed by atoms with Crippen molar-refractivity contribution < 1.29 is 14.3 Å². The third kappa shape index (κ3) is 6.18. The highest BCUT2D eigenvalue weighted by atomic mass is 32.1. The Kier molecular flexibility index (Phi) is 8.50. The number of nitrogens with zero attached hydrogens (tertiary/aromatic N) is 6. The summed E-state index contributed by atoms with van der Waals surface area (Å²) in [6.45, 7) is 7.48. The number of hydrogen-bond donors (Lipinski definition) is 1. The topological polar surface area (TPSA) is 113 Å². The summed E-state index contributed by atoms with van der Waals surface area (Å²) in [5.41, 5.74) is 3.26. The molecule has 1 aliphatic carbocycles. The van der Waals surface area contributed by atoms with Gasteiger partial charge in [-0.3, -0.25) is 19.5 Å². The van der Waals surface area contributed by atoms with Crippen molar-refractivity contribution in [3.8, 4) is 11.1 Å². The number of carbonyl (C=O) groups excluding carboxylic acids is 2. The van der Waals surface area contributed by atoms with Gasteiger partial charge in [0.15, 0.2) is 11.0 Å². The highest BCUT2D eigenvalue weighted by molar-refractivity contribution is 7.22. The average molecular weight is 586 g/mol. The van der Waals surface area contributed by atoms with Crippen LogP contribution in [0.15, 0.2) is 55.0 Å². The number of hydrogen-bond acceptors (Lipinski definition) is 9. The van der Waals surface area contributed by atoms with Gasteiger partial charge in [-0.1, -0.05) is 30.4 Å². The lowest BCUT2D eigenvalue weighted by Crippen LogP contribution is -2.60. The van der Waals surface area contributed by atoms with Crippen molar-refractivity contribution in [2.75, 3.05) is 31.6 Å². The molecule has 3 aromatic heterocycles. The van der Waals surface area contributed by atoms with Gasteiger partial charge in [0.2, 0.25) is 5.91 Å². The molecule has 1 aromatic carbocycles. The Balaban J connectivity index is 1.01. The first-order valence-corrected chi connectivity index (χ1v) is 15.4. The number of anilines is 1. The molecule has 0 spiro atoms. The highest BCUT2D eigenvalue weighted by Gasteiger charge is 2.41. The number of amides is 2. The minimum Gasteiger partial charge on any atom is -0.373 e. The van der Waals surface area contributed by atoms with Crippen LogP contribution in [0.4, 0.5) is 5.13 Å². The number of aromatic nitrogens is 4. The maximum Gasteiger partial charge on any atom is 0.272 e. The maximum absolute atomic E-state index is 13.0. The summed E-state index contributed by atoms with van der Waals surface area (Å²) in [7, 11) is 0. The van der Waals surface area contributed by atoms with E-state index in [0.29, 0.717) is 49.0 Å². The number of thiazole rings is 1. The molecule has 1 N–H and O–H groups in total. The number of nitrogens with one attached hydrogen (secondary N) is 1. The number of carbonyl (C=O) groups is 2. The fourth-order valence-electron chi connectivity index (χ4n) is 5.67. The highest BCUT2D eigenvalue weighted by Crippen LogP contribution is 2.36. The lowest BCUT2D eigenvalue weighted by atomic mass is 9.78. The zero-order valence-electron chi connectivity index (χ0n) is 23.9. The third-order valence-corrected chi connectivity index (χ3v) is 8.97. The minimum absolute atomic E-state index is 0.0185. The summed E-state index contributed by atoms with van der Waals surface area (Å²) >= 11 is 1.48. The van der Waals surface area contributed by atoms with Gasteiger partial charge in [0, 0.05) is 68.4 Å². The van der Waals surface area contributed by atoms with E-state index in [1.807, 2.05) is 41.6 Å². The van der Waals surface area contributed by atoms with Crippen LogP contribution in [0.2, 0.25) is 0 Å². The lowest BCUT2D eigenvalue weighted by molar-refractivity contribution is -0.125. The quantitative estimate of drug-likeness (QED) is 0.283. The summed E-state index contributed by atoms with van der Waals surface area (Å²) in [4.78, 5) is 47.9. The van der Waals surface area contributed by atoms with E-state index in [-0.39, 0.29) is 23.8 Å².